The van der Waals surface area contributed by atoms with E-state index in [0.29, 0.717) is 17.1 Å². The van der Waals surface area contributed by atoms with Crippen molar-refractivity contribution in [1.82, 2.24) is 0 Å². The number of ether oxygens (including phenoxy) is 1. The van der Waals surface area contributed by atoms with Crippen LogP contribution in [0.15, 0.2) is 42.5 Å². The summed E-state index contributed by atoms with van der Waals surface area (Å²) in [6.07, 6.45) is -4.46. The molecule has 0 bridgehead atoms. The zero-order chi connectivity index (χ0) is 19.8. The molecule has 1 aliphatic rings. The van der Waals surface area contributed by atoms with Gasteiger partial charge in [-0.25, -0.2) is 0 Å². The topological polar surface area (TPSA) is 67.4 Å². The SMILES string of the molecule is CC1(C)COc2ccc(NC(=O)c3ccc(C(F)(F)F)cc3)cc2NC1=O. The van der Waals surface area contributed by atoms with Crippen LogP contribution < -0.4 is 15.4 Å². The first-order valence-electron chi connectivity index (χ1n) is 8.13. The van der Waals surface area contributed by atoms with Gasteiger partial charge in [-0.1, -0.05) is 0 Å². The number of hydrogen-bond donors (Lipinski definition) is 2. The maximum absolute atomic E-state index is 12.6. The van der Waals surface area contributed by atoms with Crippen molar-refractivity contribution in [3.63, 3.8) is 0 Å². The Hall–Kier alpha value is -3.03. The van der Waals surface area contributed by atoms with Gasteiger partial charge >= 0.3 is 6.18 Å². The molecule has 0 aromatic heterocycles. The predicted octanol–water partition coefficient (Wildman–Crippen LogP) is 4.31. The number of rotatable bonds is 2. The van der Waals surface area contributed by atoms with Gasteiger partial charge in [0.2, 0.25) is 5.91 Å². The van der Waals surface area contributed by atoms with Gasteiger partial charge in [0.15, 0.2) is 0 Å². The Morgan fingerprint density at radius 2 is 1.81 bits per heavy atom. The van der Waals surface area contributed by atoms with Gasteiger partial charge in [-0.3, -0.25) is 9.59 Å². The van der Waals surface area contributed by atoms with Gasteiger partial charge in [-0.2, -0.15) is 13.2 Å². The molecule has 0 aliphatic carbocycles. The second kappa shape index (κ2) is 6.61. The molecule has 0 radical (unpaired) electrons. The van der Waals surface area contributed by atoms with Crippen molar-refractivity contribution in [2.24, 2.45) is 5.41 Å². The van der Waals surface area contributed by atoms with Gasteiger partial charge in [-0.15, -0.1) is 0 Å². The minimum Gasteiger partial charge on any atom is -0.490 e. The van der Waals surface area contributed by atoms with Crippen LogP contribution in [0.2, 0.25) is 0 Å². The number of alkyl halides is 3. The van der Waals surface area contributed by atoms with Crippen LogP contribution >= 0.6 is 0 Å². The number of carbonyl (C=O) groups excluding carboxylic acids is 2. The van der Waals surface area contributed by atoms with Crippen LogP contribution in [0.3, 0.4) is 0 Å². The predicted molar refractivity (Wildman–Crippen MR) is 93.7 cm³/mol. The first-order valence-corrected chi connectivity index (χ1v) is 8.13. The molecule has 0 saturated heterocycles. The number of carbonyl (C=O) groups is 2. The third-order valence-electron chi connectivity index (χ3n) is 4.16. The van der Waals surface area contributed by atoms with E-state index < -0.39 is 23.1 Å². The fraction of sp³-hybridized carbons (Fsp3) is 0.263. The molecule has 0 saturated carbocycles. The van der Waals surface area contributed by atoms with Crippen molar-refractivity contribution in [2.45, 2.75) is 20.0 Å². The van der Waals surface area contributed by atoms with Crippen molar-refractivity contribution < 1.29 is 27.5 Å². The Morgan fingerprint density at radius 3 is 2.44 bits per heavy atom. The second-order valence-electron chi connectivity index (χ2n) is 6.87. The molecule has 0 atom stereocenters. The lowest BCUT2D eigenvalue weighted by Gasteiger charge is -2.18. The van der Waals surface area contributed by atoms with E-state index in [1.807, 2.05) is 0 Å². The molecule has 142 valence electrons. The molecule has 0 fully saturated rings. The molecule has 1 heterocycles. The summed E-state index contributed by atoms with van der Waals surface area (Å²) in [6.45, 7) is 3.71. The number of anilines is 2. The van der Waals surface area contributed by atoms with E-state index in [1.54, 1.807) is 26.0 Å². The molecular weight excluding hydrogens is 361 g/mol. The molecule has 0 unspecified atom stereocenters. The first-order chi connectivity index (χ1) is 12.6. The molecule has 8 heteroatoms. The maximum atomic E-state index is 12.6. The highest BCUT2D eigenvalue weighted by atomic mass is 19.4. The normalized spacial score (nSPS) is 15.8. The van der Waals surface area contributed by atoms with Crippen molar-refractivity contribution in [1.29, 1.82) is 0 Å². The first kappa shape index (κ1) is 18.8. The summed E-state index contributed by atoms with van der Waals surface area (Å²) in [7, 11) is 0. The quantitative estimate of drug-likeness (QED) is 0.818. The third kappa shape index (κ3) is 4.05. The maximum Gasteiger partial charge on any atom is 0.416 e. The van der Waals surface area contributed by atoms with E-state index in [1.165, 1.54) is 6.07 Å². The van der Waals surface area contributed by atoms with E-state index in [9.17, 15) is 22.8 Å². The lowest BCUT2D eigenvalue weighted by molar-refractivity contribution is -0.137. The third-order valence-corrected chi connectivity index (χ3v) is 4.16. The van der Waals surface area contributed by atoms with Gasteiger partial charge in [-0.05, 0) is 56.3 Å². The molecule has 2 aromatic rings. The Kier molecular flexibility index (Phi) is 4.59. The van der Waals surface area contributed by atoms with Crippen molar-refractivity contribution in [3.05, 3.63) is 53.6 Å². The molecule has 3 rings (SSSR count). The summed E-state index contributed by atoms with van der Waals surface area (Å²) in [6, 6.07) is 8.65. The Bertz CT molecular complexity index is 890. The summed E-state index contributed by atoms with van der Waals surface area (Å²) < 4.78 is 43.4. The summed E-state index contributed by atoms with van der Waals surface area (Å²) in [5.74, 6) is -0.307. The number of amides is 2. The number of benzene rings is 2. The summed E-state index contributed by atoms with van der Waals surface area (Å²) in [5.41, 5.74) is -0.660. The lowest BCUT2D eigenvalue weighted by Crippen LogP contribution is -2.33. The van der Waals surface area contributed by atoms with Gasteiger partial charge in [0.25, 0.3) is 5.91 Å². The highest BCUT2D eigenvalue weighted by Crippen LogP contribution is 2.34. The van der Waals surface area contributed by atoms with Crippen LogP contribution in [-0.4, -0.2) is 18.4 Å². The molecule has 2 amide bonds. The molecule has 1 aliphatic heterocycles. The van der Waals surface area contributed by atoms with Crippen molar-refractivity contribution >= 4 is 23.2 Å². The van der Waals surface area contributed by atoms with Crippen LogP contribution in [0.25, 0.3) is 0 Å². The van der Waals surface area contributed by atoms with Crippen LogP contribution in [0.4, 0.5) is 24.5 Å². The summed E-state index contributed by atoms with van der Waals surface area (Å²) >= 11 is 0. The van der Waals surface area contributed by atoms with Gasteiger partial charge in [0.1, 0.15) is 12.4 Å². The van der Waals surface area contributed by atoms with Crippen molar-refractivity contribution in [2.75, 3.05) is 17.2 Å². The van der Waals surface area contributed by atoms with Gasteiger partial charge in [0.05, 0.1) is 16.7 Å². The average molecular weight is 378 g/mol. The fourth-order valence-electron chi connectivity index (χ4n) is 2.46. The minimum atomic E-state index is -4.46. The van der Waals surface area contributed by atoms with Gasteiger partial charge < -0.3 is 15.4 Å². The Balaban J connectivity index is 1.77. The Morgan fingerprint density at radius 1 is 1.15 bits per heavy atom. The highest BCUT2D eigenvalue weighted by Gasteiger charge is 2.32. The largest absolute Gasteiger partial charge is 0.490 e. The Labute approximate surface area is 153 Å². The fourth-order valence-corrected chi connectivity index (χ4v) is 2.46. The number of hydrogen-bond acceptors (Lipinski definition) is 3. The molecule has 5 nitrogen and oxygen atoms in total. The molecule has 2 N–H and O–H groups in total. The van der Waals surface area contributed by atoms with Crippen molar-refractivity contribution in [3.8, 4) is 5.75 Å². The number of nitrogens with one attached hydrogen (secondary N) is 2. The van der Waals surface area contributed by atoms with Crippen LogP contribution in [-0.2, 0) is 11.0 Å². The summed E-state index contributed by atoms with van der Waals surface area (Å²) in [4.78, 5) is 24.5. The number of halogens is 3. The zero-order valence-electron chi connectivity index (χ0n) is 14.6. The van der Waals surface area contributed by atoms with Gasteiger partial charge in [0, 0.05) is 11.3 Å². The highest BCUT2D eigenvalue weighted by molar-refractivity contribution is 6.05. The minimum absolute atomic E-state index is 0.0827. The van der Waals surface area contributed by atoms with E-state index in [4.69, 9.17) is 4.74 Å². The van der Waals surface area contributed by atoms with Crippen LogP contribution in [0.1, 0.15) is 29.8 Å². The van der Waals surface area contributed by atoms with E-state index in [-0.39, 0.29) is 18.1 Å². The van der Waals surface area contributed by atoms with E-state index in [0.717, 1.165) is 24.3 Å². The van der Waals surface area contributed by atoms with E-state index >= 15 is 0 Å². The lowest BCUT2D eigenvalue weighted by atomic mass is 9.94. The second-order valence-corrected chi connectivity index (χ2v) is 6.87. The smallest absolute Gasteiger partial charge is 0.416 e. The summed E-state index contributed by atoms with van der Waals surface area (Å²) in [5, 5.41) is 5.35. The molecule has 0 spiro atoms. The monoisotopic (exact) mass is 378 g/mol. The number of fused-ring (bicyclic) bond motifs is 1. The molecule has 2 aromatic carbocycles. The molecular formula is C19H17F3N2O3. The average Bonchev–Trinajstić information content (AvgIpc) is 2.70. The molecule has 27 heavy (non-hydrogen) atoms. The van der Waals surface area contributed by atoms with Crippen LogP contribution in [0.5, 0.6) is 5.75 Å². The zero-order valence-corrected chi connectivity index (χ0v) is 14.6. The standard InChI is InChI=1S/C19H17F3N2O3/c1-18(2)10-27-15-8-7-13(9-14(15)24-17(18)26)23-16(25)11-3-5-12(6-4-11)19(20,21)22/h3-9H,10H2,1-2H3,(H,23,25)(H,24,26). The van der Waals surface area contributed by atoms with E-state index in [2.05, 4.69) is 10.6 Å². The van der Waals surface area contributed by atoms with Crippen LogP contribution in [0, 0.1) is 5.41 Å².